The summed E-state index contributed by atoms with van der Waals surface area (Å²) in [4.78, 5) is 11.9. The van der Waals surface area contributed by atoms with Gasteiger partial charge in [-0.05, 0) is 32.4 Å². The van der Waals surface area contributed by atoms with E-state index in [-0.39, 0.29) is 24.2 Å². The summed E-state index contributed by atoms with van der Waals surface area (Å²) in [5.74, 6) is 0.212. The Morgan fingerprint density at radius 1 is 1.60 bits per heavy atom. The number of ether oxygens (including phenoxy) is 2. The lowest BCUT2D eigenvalue weighted by molar-refractivity contribution is -0.125. The van der Waals surface area contributed by atoms with E-state index in [0.29, 0.717) is 17.9 Å². The van der Waals surface area contributed by atoms with Crippen LogP contribution in [0.5, 0.6) is 5.75 Å². The average Bonchev–Trinajstić information content (AvgIpc) is 2.76. The number of rotatable bonds is 4. The highest BCUT2D eigenvalue weighted by Crippen LogP contribution is 2.25. The summed E-state index contributed by atoms with van der Waals surface area (Å²) < 4.78 is 10.9. The zero-order chi connectivity index (χ0) is 14.6. The molecule has 0 aromatic heterocycles. The molecule has 1 heterocycles. The fraction of sp³-hybridized carbons (Fsp3) is 0.467. The molecule has 1 fully saturated rings. The average molecular weight is 274 g/mol. The summed E-state index contributed by atoms with van der Waals surface area (Å²) in [6.07, 6.45) is 0.771. The number of amides is 1. The van der Waals surface area contributed by atoms with Crippen molar-refractivity contribution in [2.24, 2.45) is 0 Å². The maximum absolute atomic E-state index is 11.9. The lowest BCUT2D eigenvalue weighted by Crippen LogP contribution is -2.52. The molecule has 2 rings (SSSR count). The topological polar surface area (TPSA) is 71.3 Å². The highest BCUT2D eigenvalue weighted by atomic mass is 16.5. The predicted molar refractivity (Wildman–Crippen MR) is 73.2 cm³/mol. The Labute approximate surface area is 118 Å². The van der Waals surface area contributed by atoms with Gasteiger partial charge in [-0.3, -0.25) is 4.79 Å². The minimum Gasteiger partial charge on any atom is -0.482 e. The van der Waals surface area contributed by atoms with Crippen LogP contribution in [0.3, 0.4) is 0 Å². The van der Waals surface area contributed by atoms with Gasteiger partial charge in [0.15, 0.2) is 6.61 Å². The fourth-order valence-corrected chi connectivity index (χ4v) is 2.18. The Kier molecular flexibility index (Phi) is 4.26. The van der Waals surface area contributed by atoms with E-state index in [1.165, 1.54) is 0 Å². The number of nitriles is 1. The van der Waals surface area contributed by atoms with E-state index in [1.54, 1.807) is 24.3 Å². The monoisotopic (exact) mass is 274 g/mol. The summed E-state index contributed by atoms with van der Waals surface area (Å²) in [6, 6.07) is 8.88. The van der Waals surface area contributed by atoms with Gasteiger partial charge < -0.3 is 14.8 Å². The highest BCUT2D eigenvalue weighted by Gasteiger charge is 2.38. The Morgan fingerprint density at radius 2 is 2.35 bits per heavy atom. The summed E-state index contributed by atoms with van der Waals surface area (Å²) >= 11 is 0. The Bertz CT molecular complexity index is 538. The number of para-hydroxylation sites is 1. The number of nitrogens with zero attached hydrogens (tertiary/aromatic N) is 1. The van der Waals surface area contributed by atoms with Gasteiger partial charge in [0.05, 0.1) is 17.2 Å². The van der Waals surface area contributed by atoms with Crippen LogP contribution >= 0.6 is 0 Å². The van der Waals surface area contributed by atoms with Crippen LogP contribution in [-0.2, 0) is 9.53 Å². The number of hydrogen-bond acceptors (Lipinski definition) is 4. The van der Waals surface area contributed by atoms with E-state index in [0.717, 1.165) is 6.42 Å². The third kappa shape index (κ3) is 3.09. The smallest absolute Gasteiger partial charge is 0.258 e. The molecule has 0 saturated carbocycles. The van der Waals surface area contributed by atoms with Crippen LogP contribution < -0.4 is 10.1 Å². The number of nitrogens with one attached hydrogen (secondary N) is 1. The van der Waals surface area contributed by atoms with E-state index < -0.39 is 0 Å². The van der Waals surface area contributed by atoms with Crippen LogP contribution in [0.25, 0.3) is 0 Å². The SMILES string of the molecule is CC1OCCC1(C)NC(=O)COc1ccccc1C#N. The molecule has 20 heavy (non-hydrogen) atoms. The molecule has 1 N–H and O–H groups in total. The van der Waals surface area contributed by atoms with Crippen LogP contribution in [0.1, 0.15) is 25.8 Å². The standard InChI is InChI=1S/C15H18N2O3/c1-11-15(2,7-8-19-11)17-14(18)10-20-13-6-4-3-5-12(13)9-16/h3-6,11H,7-8,10H2,1-2H3,(H,17,18). The van der Waals surface area contributed by atoms with E-state index in [9.17, 15) is 4.79 Å². The van der Waals surface area contributed by atoms with Crippen LogP contribution in [-0.4, -0.2) is 30.8 Å². The number of carbonyl (C=O) groups is 1. The van der Waals surface area contributed by atoms with Crippen LogP contribution in [0, 0.1) is 11.3 Å². The zero-order valence-electron chi connectivity index (χ0n) is 11.7. The predicted octanol–water partition coefficient (Wildman–Crippen LogP) is 1.62. The number of benzene rings is 1. The van der Waals surface area contributed by atoms with Crippen molar-refractivity contribution in [1.82, 2.24) is 5.32 Å². The van der Waals surface area contributed by atoms with Gasteiger partial charge in [0.2, 0.25) is 0 Å². The van der Waals surface area contributed by atoms with Gasteiger partial charge >= 0.3 is 0 Å². The van der Waals surface area contributed by atoms with Crippen LogP contribution in [0.4, 0.5) is 0 Å². The minimum atomic E-state index is -0.352. The second-order valence-electron chi connectivity index (χ2n) is 5.13. The third-order valence-electron chi connectivity index (χ3n) is 3.68. The molecule has 1 aliphatic heterocycles. The first-order valence-corrected chi connectivity index (χ1v) is 6.60. The second-order valence-corrected chi connectivity index (χ2v) is 5.13. The molecule has 2 atom stereocenters. The van der Waals surface area contributed by atoms with E-state index in [1.807, 2.05) is 19.9 Å². The molecule has 0 aliphatic carbocycles. The number of carbonyl (C=O) groups excluding carboxylic acids is 1. The molecule has 1 amide bonds. The lowest BCUT2D eigenvalue weighted by atomic mass is 9.95. The van der Waals surface area contributed by atoms with Gasteiger partial charge in [-0.1, -0.05) is 12.1 Å². The summed E-state index contributed by atoms with van der Waals surface area (Å²) in [6.45, 7) is 4.45. The van der Waals surface area contributed by atoms with Crippen molar-refractivity contribution in [2.45, 2.75) is 31.9 Å². The van der Waals surface area contributed by atoms with Gasteiger partial charge in [-0.25, -0.2) is 0 Å². The molecule has 5 heteroatoms. The zero-order valence-corrected chi connectivity index (χ0v) is 11.7. The molecule has 1 aliphatic rings. The van der Waals surface area contributed by atoms with E-state index >= 15 is 0 Å². The van der Waals surface area contributed by atoms with Gasteiger partial charge in [0.1, 0.15) is 11.8 Å². The molecule has 0 radical (unpaired) electrons. The van der Waals surface area contributed by atoms with Crippen molar-refractivity contribution in [2.75, 3.05) is 13.2 Å². The molecular weight excluding hydrogens is 256 g/mol. The van der Waals surface area contributed by atoms with Crippen molar-refractivity contribution >= 4 is 5.91 Å². The largest absolute Gasteiger partial charge is 0.482 e. The van der Waals surface area contributed by atoms with Crippen molar-refractivity contribution in [3.8, 4) is 11.8 Å². The summed E-state index contributed by atoms with van der Waals surface area (Å²) in [7, 11) is 0. The number of hydrogen-bond donors (Lipinski definition) is 1. The van der Waals surface area contributed by atoms with Crippen LogP contribution in [0.15, 0.2) is 24.3 Å². The normalized spacial score (nSPS) is 24.9. The lowest BCUT2D eigenvalue weighted by Gasteiger charge is -2.28. The van der Waals surface area contributed by atoms with Gasteiger partial charge in [0.25, 0.3) is 5.91 Å². The van der Waals surface area contributed by atoms with Gasteiger partial charge in [-0.2, -0.15) is 5.26 Å². The molecule has 2 unspecified atom stereocenters. The van der Waals surface area contributed by atoms with Crippen LogP contribution in [0.2, 0.25) is 0 Å². The maximum atomic E-state index is 11.9. The Balaban J connectivity index is 1.91. The third-order valence-corrected chi connectivity index (χ3v) is 3.68. The quantitative estimate of drug-likeness (QED) is 0.905. The first-order valence-electron chi connectivity index (χ1n) is 6.60. The van der Waals surface area contributed by atoms with E-state index in [4.69, 9.17) is 14.7 Å². The van der Waals surface area contributed by atoms with Crippen molar-refractivity contribution in [3.05, 3.63) is 29.8 Å². The van der Waals surface area contributed by atoms with Crippen molar-refractivity contribution in [1.29, 1.82) is 5.26 Å². The first-order chi connectivity index (χ1) is 9.55. The van der Waals surface area contributed by atoms with Crippen molar-refractivity contribution in [3.63, 3.8) is 0 Å². The van der Waals surface area contributed by atoms with Gasteiger partial charge in [-0.15, -0.1) is 0 Å². The summed E-state index contributed by atoms with van der Waals surface area (Å²) in [5.41, 5.74) is 0.0684. The van der Waals surface area contributed by atoms with Crippen molar-refractivity contribution < 1.29 is 14.3 Å². The molecule has 1 aromatic rings. The highest BCUT2D eigenvalue weighted by molar-refractivity contribution is 5.78. The molecule has 5 nitrogen and oxygen atoms in total. The molecule has 0 spiro atoms. The maximum Gasteiger partial charge on any atom is 0.258 e. The summed E-state index contributed by atoms with van der Waals surface area (Å²) in [5, 5.41) is 11.9. The van der Waals surface area contributed by atoms with E-state index in [2.05, 4.69) is 5.32 Å². The molecule has 1 saturated heterocycles. The Morgan fingerprint density at radius 3 is 3.00 bits per heavy atom. The molecule has 1 aromatic carbocycles. The molecular formula is C15H18N2O3. The minimum absolute atomic E-state index is 0.0159. The van der Waals surface area contributed by atoms with Gasteiger partial charge in [0, 0.05) is 6.61 Å². The first kappa shape index (κ1) is 14.4. The molecule has 0 bridgehead atoms. The molecule has 106 valence electrons. The fourth-order valence-electron chi connectivity index (χ4n) is 2.18. The second kappa shape index (κ2) is 5.93. The Hall–Kier alpha value is -2.06.